The Hall–Kier alpha value is -3.17. The van der Waals surface area contributed by atoms with Gasteiger partial charge < -0.3 is 10.0 Å². The van der Waals surface area contributed by atoms with Crippen LogP contribution < -0.4 is 5.32 Å². The van der Waals surface area contributed by atoms with Crippen molar-refractivity contribution in [1.82, 2.24) is 19.9 Å². The van der Waals surface area contributed by atoms with E-state index in [1.54, 1.807) is 4.90 Å². The van der Waals surface area contributed by atoms with E-state index < -0.39 is 6.10 Å². The molecule has 1 saturated carbocycles. The third-order valence-electron chi connectivity index (χ3n) is 8.61. The quantitative estimate of drug-likeness (QED) is 0.482. The number of thiazole rings is 1. The fourth-order valence-corrected chi connectivity index (χ4v) is 7.90. The fourth-order valence-electron chi connectivity index (χ4n) is 6.64. The first-order valence-electron chi connectivity index (χ1n) is 13.2. The summed E-state index contributed by atoms with van der Waals surface area (Å²) in [6.45, 7) is 6.88. The van der Waals surface area contributed by atoms with Gasteiger partial charge in [-0.2, -0.15) is 0 Å². The van der Waals surface area contributed by atoms with E-state index in [1.165, 1.54) is 29.9 Å². The first kappa shape index (κ1) is 26.4. The van der Waals surface area contributed by atoms with Gasteiger partial charge in [0, 0.05) is 42.7 Å². The van der Waals surface area contributed by atoms with Gasteiger partial charge in [0.1, 0.15) is 5.69 Å². The summed E-state index contributed by atoms with van der Waals surface area (Å²) >= 11 is 1.50. The number of hydrogen-bond donors (Lipinski definition) is 2. The van der Waals surface area contributed by atoms with Crippen LogP contribution in [0.1, 0.15) is 66.2 Å². The number of carbonyl (C=O) groups is 2. The van der Waals surface area contributed by atoms with Crippen LogP contribution in [0.25, 0.3) is 0 Å². The topological polar surface area (TPSA) is 108 Å². The second-order valence-electron chi connectivity index (χ2n) is 11.2. The molecule has 2 aliphatic carbocycles. The summed E-state index contributed by atoms with van der Waals surface area (Å²) in [6, 6.07) is 9.97. The number of carbonyl (C=O) groups excluding carboxylic acids is 2. The van der Waals surface area contributed by atoms with E-state index in [2.05, 4.69) is 29.1 Å². The van der Waals surface area contributed by atoms with Crippen molar-refractivity contribution in [3.8, 4) is 0 Å². The second kappa shape index (κ2) is 10.5. The number of benzene rings is 1. The normalized spacial score (nSPS) is 27.1. The van der Waals surface area contributed by atoms with Gasteiger partial charge in [0.25, 0.3) is 5.91 Å². The molecule has 2 aromatic heterocycles. The number of aromatic nitrogens is 3. The average Bonchev–Trinajstić information content (AvgIpc) is 3.30. The molecule has 9 heteroatoms. The van der Waals surface area contributed by atoms with Crippen molar-refractivity contribution >= 4 is 28.3 Å². The molecule has 8 nitrogen and oxygen atoms in total. The molecule has 200 valence electrons. The van der Waals surface area contributed by atoms with E-state index in [1.807, 2.05) is 44.3 Å². The molecular formula is C29H35N5O3S. The minimum Gasteiger partial charge on any atom is -0.392 e. The zero-order valence-electron chi connectivity index (χ0n) is 22.3. The molecule has 3 aromatic rings. The molecule has 2 heterocycles. The van der Waals surface area contributed by atoms with E-state index >= 15 is 0 Å². The average molecular weight is 534 g/mol. The number of rotatable bonds is 6. The van der Waals surface area contributed by atoms with Gasteiger partial charge >= 0.3 is 0 Å². The SMILES string of the molecule is C[C@H](C(=O)N(C)Cc1ccccc1)[C@@H]1CC[C@]2(C)Cc3sc(NC(=O)c4cnccn4)nc3[C@@H](C)[C@@H]2[C@H]1O. The summed E-state index contributed by atoms with van der Waals surface area (Å²) in [5.41, 5.74) is 2.17. The molecule has 0 aliphatic heterocycles. The molecule has 1 aromatic carbocycles. The Labute approximate surface area is 227 Å². The van der Waals surface area contributed by atoms with Crippen LogP contribution in [-0.2, 0) is 17.8 Å². The Morgan fingerprint density at radius 3 is 2.74 bits per heavy atom. The van der Waals surface area contributed by atoms with Gasteiger partial charge in [-0.25, -0.2) is 9.97 Å². The number of amides is 2. The van der Waals surface area contributed by atoms with Crippen molar-refractivity contribution in [3.05, 3.63) is 70.8 Å². The van der Waals surface area contributed by atoms with Crippen molar-refractivity contribution in [3.63, 3.8) is 0 Å². The third-order valence-corrected chi connectivity index (χ3v) is 9.60. The predicted molar refractivity (Wildman–Crippen MR) is 147 cm³/mol. The van der Waals surface area contributed by atoms with Gasteiger partial charge in [0.2, 0.25) is 5.91 Å². The lowest BCUT2D eigenvalue weighted by Crippen LogP contribution is -2.53. The van der Waals surface area contributed by atoms with Crippen LogP contribution in [0.3, 0.4) is 0 Å². The van der Waals surface area contributed by atoms with Crippen LogP contribution in [0.15, 0.2) is 48.9 Å². The Kier molecular flexibility index (Phi) is 7.33. The standard InChI is InChI=1S/C29H35N5O3S/c1-17(27(37)34(4)16-19-8-6-5-7-9-19)20-10-11-29(3)14-22-24(18(2)23(29)25(20)35)32-28(38-22)33-26(36)21-15-30-12-13-31-21/h5-9,12-13,15,17-18,20,23,25,35H,10-11,14,16H2,1-4H3,(H,32,33,36)/t17-,18-,20-,23+,25-,29+/m0/s1. The van der Waals surface area contributed by atoms with Crippen LogP contribution >= 0.6 is 11.3 Å². The smallest absolute Gasteiger partial charge is 0.277 e. The number of hydrogen-bond acceptors (Lipinski definition) is 7. The Balaban J connectivity index is 1.31. The van der Waals surface area contributed by atoms with E-state index in [0.29, 0.717) is 11.7 Å². The lowest BCUT2D eigenvalue weighted by molar-refractivity contribution is -0.144. The Morgan fingerprint density at radius 1 is 1.26 bits per heavy atom. The molecule has 2 amide bonds. The first-order valence-corrected chi connectivity index (χ1v) is 14.0. The molecule has 0 bridgehead atoms. The number of aliphatic hydroxyl groups is 1. The molecule has 6 atom stereocenters. The zero-order chi connectivity index (χ0) is 27.0. The molecule has 0 radical (unpaired) electrons. The highest BCUT2D eigenvalue weighted by molar-refractivity contribution is 7.15. The maximum Gasteiger partial charge on any atom is 0.277 e. The number of nitrogens with one attached hydrogen (secondary N) is 1. The second-order valence-corrected chi connectivity index (χ2v) is 12.3. The van der Waals surface area contributed by atoms with Gasteiger partial charge in [0.05, 0.1) is 18.0 Å². The third kappa shape index (κ3) is 4.97. The zero-order valence-corrected chi connectivity index (χ0v) is 23.1. The summed E-state index contributed by atoms with van der Waals surface area (Å²) in [5.74, 6) is -0.689. The van der Waals surface area contributed by atoms with Gasteiger partial charge in [-0.1, -0.05) is 51.1 Å². The number of aliphatic hydroxyl groups excluding tert-OH is 1. The maximum atomic E-state index is 13.4. The molecule has 0 saturated heterocycles. The Bertz CT molecular complexity index is 1300. The van der Waals surface area contributed by atoms with E-state index in [9.17, 15) is 14.7 Å². The van der Waals surface area contributed by atoms with Gasteiger partial charge in [0.15, 0.2) is 5.13 Å². The van der Waals surface area contributed by atoms with Crippen molar-refractivity contribution < 1.29 is 14.7 Å². The number of fused-ring (bicyclic) bond motifs is 2. The molecule has 1 fully saturated rings. The van der Waals surface area contributed by atoms with E-state index in [0.717, 1.165) is 35.4 Å². The van der Waals surface area contributed by atoms with Crippen LogP contribution in [0.5, 0.6) is 0 Å². The summed E-state index contributed by atoms with van der Waals surface area (Å²) in [4.78, 5) is 41.7. The van der Waals surface area contributed by atoms with Crippen LogP contribution in [0.2, 0.25) is 0 Å². The first-order chi connectivity index (χ1) is 18.2. The van der Waals surface area contributed by atoms with Crippen molar-refractivity contribution in [2.24, 2.45) is 23.2 Å². The fraction of sp³-hybridized carbons (Fsp3) is 0.483. The number of anilines is 1. The summed E-state index contributed by atoms with van der Waals surface area (Å²) < 4.78 is 0. The van der Waals surface area contributed by atoms with Crippen molar-refractivity contribution in [1.29, 1.82) is 0 Å². The largest absolute Gasteiger partial charge is 0.392 e. The Morgan fingerprint density at radius 2 is 2.03 bits per heavy atom. The summed E-state index contributed by atoms with van der Waals surface area (Å²) in [5, 5.41) is 15.1. The lowest BCUT2D eigenvalue weighted by Gasteiger charge is -2.53. The molecule has 2 N–H and O–H groups in total. The van der Waals surface area contributed by atoms with Crippen molar-refractivity contribution in [2.75, 3.05) is 12.4 Å². The van der Waals surface area contributed by atoms with Crippen LogP contribution in [0, 0.1) is 23.2 Å². The van der Waals surface area contributed by atoms with Gasteiger partial charge in [-0.15, -0.1) is 11.3 Å². The van der Waals surface area contributed by atoms with E-state index in [4.69, 9.17) is 4.98 Å². The van der Waals surface area contributed by atoms with Crippen molar-refractivity contribution in [2.45, 2.75) is 58.6 Å². The van der Waals surface area contributed by atoms with Crippen LogP contribution in [-0.4, -0.2) is 49.9 Å². The minimum absolute atomic E-state index is 0.00400. The molecule has 5 rings (SSSR count). The highest BCUT2D eigenvalue weighted by Gasteiger charge is 2.54. The monoisotopic (exact) mass is 533 g/mol. The van der Waals surface area contributed by atoms with E-state index in [-0.39, 0.29) is 46.6 Å². The lowest BCUT2D eigenvalue weighted by atomic mass is 9.53. The molecule has 0 spiro atoms. The molecule has 2 aliphatic rings. The predicted octanol–water partition coefficient (Wildman–Crippen LogP) is 4.53. The summed E-state index contributed by atoms with van der Waals surface area (Å²) in [6.07, 6.45) is 6.36. The molecule has 0 unspecified atom stereocenters. The van der Waals surface area contributed by atoms with Gasteiger partial charge in [-0.3, -0.25) is 19.9 Å². The van der Waals surface area contributed by atoms with Crippen LogP contribution in [0.4, 0.5) is 5.13 Å². The molecule has 38 heavy (non-hydrogen) atoms. The minimum atomic E-state index is -0.611. The highest BCUT2D eigenvalue weighted by atomic mass is 32.1. The van der Waals surface area contributed by atoms with Gasteiger partial charge in [-0.05, 0) is 42.1 Å². The highest BCUT2D eigenvalue weighted by Crippen LogP contribution is 2.57. The molecular weight excluding hydrogens is 498 g/mol. The maximum absolute atomic E-state index is 13.4. The summed E-state index contributed by atoms with van der Waals surface area (Å²) in [7, 11) is 1.84. The number of nitrogens with zero attached hydrogens (tertiary/aromatic N) is 4.